The van der Waals surface area contributed by atoms with E-state index in [2.05, 4.69) is 12.2 Å². The van der Waals surface area contributed by atoms with Gasteiger partial charge in [0.15, 0.2) is 5.17 Å². The molecule has 0 amide bonds. The van der Waals surface area contributed by atoms with E-state index in [1.165, 1.54) is 37.9 Å². The first-order chi connectivity index (χ1) is 8.24. The Morgan fingerprint density at radius 3 is 2.76 bits per heavy atom. The summed E-state index contributed by atoms with van der Waals surface area (Å²) in [5.74, 6) is 1.25. The van der Waals surface area contributed by atoms with Gasteiger partial charge in [-0.1, -0.05) is 31.0 Å². The van der Waals surface area contributed by atoms with Gasteiger partial charge in [0.25, 0.3) is 0 Å². The molecule has 0 bridgehead atoms. The number of amidine groups is 1. The van der Waals surface area contributed by atoms with E-state index < -0.39 is 0 Å². The number of hydrogen-bond donors (Lipinski definition) is 1. The van der Waals surface area contributed by atoms with Crippen molar-refractivity contribution in [3.05, 3.63) is 0 Å². The van der Waals surface area contributed by atoms with Crippen molar-refractivity contribution >= 4 is 16.9 Å². The molecule has 0 radical (unpaired) electrons. The molecule has 1 heterocycles. The molecule has 17 heavy (non-hydrogen) atoms. The van der Waals surface area contributed by atoms with E-state index >= 15 is 0 Å². The third-order valence-electron chi connectivity index (χ3n) is 3.93. The van der Waals surface area contributed by atoms with Crippen LogP contribution >= 0.6 is 11.8 Å². The molecule has 1 saturated carbocycles. The molecule has 0 aromatic carbocycles. The van der Waals surface area contributed by atoms with Crippen LogP contribution in [0, 0.1) is 5.41 Å². The summed E-state index contributed by atoms with van der Waals surface area (Å²) in [6.45, 7) is 3.96. The van der Waals surface area contributed by atoms with Crippen LogP contribution in [0.15, 0.2) is 4.99 Å². The Hall–Kier alpha value is -0.220. The highest BCUT2D eigenvalue weighted by Gasteiger charge is 2.34. The molecule has 3 nitrogen and oxygen atoms in total. The summed E-state index contributed by atoms with van der Waals surface area (Å²) in [4.78, 5) is 4.73. The standard InChI is InChI=1S/C13H24N2OS/c1-11(16-2)8-14-12-15-9-13(10-17-12)6-4-3-5-7-13/h11H,3-10H2,1-2H3,(H,14,15). The van der Waals surface area contributed by atoms with Gasteiger partial charge in [0.2, 0.25) is 0 Å². The summed E-state index contributed by atoms with van der Waals surface area (Å²) in [6, 6.07) is 0. The zero-order chi connectivity index (χ0) is 12.1. The molecule has 1 unspecified atom stereocenters. The van der Waals surface area contributed by atoms with Crippen LogP contribution in [0.5, 0.6) is 0 Å². The fraction of sp³-hybridized carbons (Fsp3) is 0.923. The van der Waals surface area contributed by atoms with Crippen LogP contribution in [0.2, 0.25) is 0 Å². The van der Waals surface area contributed by atoms with Gasteiger partial charge in [-0.2, -0.15) is 0 Å². The van der Waals surface area contributed by atoms with Crippen LogP contribution in [-0.2, 0) is 4.74 Å². The number of hydrogen-bond acceptors (Lipinski definition) is 4. The molecular formula is C13H24N2OS. The molecule has 4 heteroatoms. The lowest BCUT2D eigenvalue weighted by Gasteiger charge is -2.38. The van der Waals surface area contributed by atoms with Crippen molar-refractivity contribution in [2.24, 2.45) is 10.4 Å². The molecule has 1 spiro atoms. The number of aliphatic imine (C=N–C) groups is 1. The van der Waals surface area contributed by atoms with Crippen LogP contribution < -0.4 is 5.32 Å². The Morgan fingerprint density at radius 2 is 2.18 bits per heavy atom. The zero-order valence-corrected chi connectivity index (χ0v) is 11.8. The van der Waals surface area contributed by atoms with Gasteiger partial charge in [-0.25, -0.2) is 0 Å². The highest BCUT2D eigenvalue weighted by atomic mass is 32.2. The topological polar surface area (TPSA) is 33.6 Å². The summed E-state index contributed by atoms with van der Waals surface area (Å²) in [6.07, 6.45) is 7.24. The second kappa shape index (κ2) is 6.10. The smallest absolute Gasteiger partial charge is 0.156 e. The van der Waals surface area contributed by atoms with Crippen LogP contribution in [0.4, 0.5) is 0 Å². The molecule has 1 fully saturated rings. The van der Waals surface area contributed by atoms with E-state index in [0.29, 0.717) is 5.41 Å². The van der Waals surface area contributed by atoms with Crippen molar-refractivity contribution < 1.29 is 4.74 Å². The predicted molar refractivity (Wildman–Crippen MR) is 74.8 cm³/mol. The van der Waals surface area contributed by atoms with Crippen molar-refractivity contribution in [1.82, 2.24) is 5.32 Å². The fourth-order valence-electron chi connectivity index (χ4n) is 2.58. The maximum Gasteiger partial charge on any atom is 0.156 e. The lowest BCUT2D eigenvalue weighted by atomic mass is 9.75. The van der Waals surface area contributed by atoms with E-state index in [1.54, 1.807) is 7.11 Å². The van der Waals surface area contributed by atoms with Gasteiger partial charge < -0.3 is 10.1 Å². The Morgan fingerprint density at radius 1 is 1.41 bits per heavy atom. The highest BCUT2D eigenvalue weighted by Crippen LogP contribution is 2.41. The summed E-state index contributed by atoms with van der Waals surface area (Å²) >= 11 is 1.90. The number of thioether (sulfide) groups is 1. The van der Waals surface area contributed by atoms with Gasteiger partial charge in [-0.15, -0.1) is 0 Å². The molecule has 0 saturated heterocycles. The van der Waals surface area contributed by atoms with Crippen LogP contribution in [-0.4, -0.2) is 37.2 Å². The van der Waals surface area contributed by atoms with Crippen molar-refractivity contribution in [3.63, 3.8) is 0 Å². The number of methoxy groups -OCH3 is 1. The normalized spacial score (nSPS) is 25.4. The summed E-state index contributed by atoms with van der Waals surface area (Å²) < 4.78 is 5.22. The van der Waals surface area contributed by atoms with Crippen LogP contribution in [0.25, 0.3) is 0 Å². The molecule has 0 aromatic rings. The third kappa shape index (κ3) is 3.62. The maximum atomic E-state index is 5.22. The average Bonchev–Trinajstić information content (AvgIpc) is 2.39. The van der Waals surface area contributed by atoms with Crippen molar-refractivity contribution in [2.45, 2.75) is 45.1 Å². The molecule has 1 aliphatic heterocycles. The van der Waals surface area contributed by atoms with Gasteiger partial charge in [-0.3, -0.25) is 4.99 Å². The molecule has 98 valence electrons. The highest BCUT2D eigenvalue weighted by molar-refractivity contribution is 8.13. The maximum absolute atomic E-state index is 5.22. The third-order valence-corrected chi connectivity index (χ3v) is 5.23. The predicted octanol–water partition coefficient (Wildman–Crippen LogP) is 2.66. The lowest BCUT2D eigenvalue weighted by molar-refractivity contribution is 0.121. The lowest BCUT2D eigenvalue weighted by Crippen LogP contribution is -2.38. The van der Waals surface area contributed by atoms with Gasteiger partial charge in [0, 0.05) is 26.0 Å². The van der Waals surface area contributed by atoms with Crippen molar-refractivity contribution in [2.75, 3.05) is 26.0 Å². The molecule has 2 aliphatic rings. The second-order valence-corrected chi connectivity index (χ2v) is 6.36. The number of nitrogens with one attached hydrogen (secondary N) is 1. The van der Waals surface area contributed by atoms with Gasteiger partial charge in [-0.05, 0) is 25.2 Å². The molecule has 1 N–H and O–H groups in total. The van der Waals surface area contributed by atoms with Crippen LogP contribution in [0.3, 0.4) is 0 Å². The minimum Gasteiger partial charge on any atom is -0.380 e. The largest absolute Gasteiger partial charge is 0.380 e. The Bertz CT molecular complexity index is 275. The number of nitrogens with zero attached hydrogens (tertiary/aromatic N) is 1. The Labute approximate surface area is 109 Å². The summed E-state index contributed by atoms with van der Waals surface area (Å²) in [7, 11) is 1.75. The van der Waals surface area contributed by atoms with E-state index in [0.717, 1.165) is 18.3 Å². The van der Waals surface area contributed by atoms with E-state index in [1.807, 2.05) is 11.8 Å². The first-order valence-electron chi connectivity index (χ1n) is 6.68. The average molecular weight is 256 g/mol. The number of rotatable bonds is 3. The number of ether oxygens (including phenoxy) is 1. The van der Waals surface area contributed by atoms with Crippen molar-refractivity contribution in [1.29, 1.82) is 0 Å². The Balaban J connectivity index is 1.80. The van der Waals surface area contributed by atoms with Crippen molar-refractivity contribution in [3.8, 4) is 0 Å². The monoisotopic (exact) mass is 256 g/mol. The van der Waals surface area contributed by atoms with Crippen LogP contribution in [0.1, 0.15) is 39.0 Å². The molecule has 1 atom stereocenters. The summed E-state index contributed by atoms with van der Waals surface area (Å²) in [5, 5.41) is 4.50. The molecule has 1 aliphatic carbocycles. The van der Waals surface area contributed by atoms with E-state index in [4.69, 9.17) is 9.73 Å². The van der Waals surface area contributed by atoms with E-state index in [-0.39, 0.29) is 6.10 Å². The fourth-order valence-corrected chi connectivity index (χ4v) is 3.74. The Kier molecular flexibility index (Phi) is 4.74. The van der Waals surface area contributed by atoms with E-state index in [9.17, 15) is 0 Å². The first-order valence-corrected chi connectivity index (χ1v) is 7.67. The quantitative estimate of drug-likeness (QED) is 0.843. The molecular weight excluding hydrogens is 232 g/mol. The van der Waals surface area contributed by atoms with Gasteiger partial charge in [0.05, 0.1) is 6.10 Å². The SMILES string of the molecule is COC(C)CNC1=NCC2(CCCCC2)CS1. The van der Waals surface area contributed by atoms with Gasteiger partial charge >= 0.3 is 0 Å². The molecule has 0 aromatic heterocycles. The minimum atomic E-state index is 0.254. The molecule has 2 rings (SSSR count). The summed E-state index contributed by atoms with van der Waals surface area (Å²) in [5.41, 5.74) is 0.529. The zero-order valence-electron chi connectivity index (χ0n) is 11.0. The second-order valence-electron chi connectivity index (χ2n) is 5.40. The first kappa shape index (κ1) is 13.2. The minimum absolute atomic E-state index is 0.254. The van der Waals surface area contributed by atoms with Gasteiger partial charge in [0.1, 0.15) is 0 Å².